The Morgan fingerprint density at radius 2 is 1.71 bits per heavy atom. The van der Waals surface area contributed by atoms with Gasteiger partial charge in [-0.1, -0.05) is 30.3 Å². The van der Waals surface area contributed by atoms with Crippen LogP contribution in [0.2, 0.25) is 0 Å². The van der Waals surface area contributed by atoms with Crippen molar-refractivity contribution in [1.82, 2.24) is 15.5 Å². The summed E-state index contributed by atoms with van der Waals surface area (Å²) in [7, 11) is 3.24. The second-order valence-electron chi connectivity index (χ2n) is 8.69. The van der Waals surface area contributed by atoms with E-state index in [1.807, 2.05) is 63.2 Å². The van der Waals surface area contributed by atoms with Crippen LogP contribution in [0, 0.1) is 0 Å². The third kappa shape index (κ3) is 5.55. The Balaban J connectivity index is 1.89. The molecule has 0 radical (unpaired) electrons. The number of benzene rings is 2. The maximum atomic E-state index is 12.7. The van der Waals surface area contributed by atoms with Crippen molar-refractivity contribution in [1.29, 1.82) is 0 Å². The molecule has 0 saturated carbocycles. The zero-order chi connectivity index (χ0) is 22.6. The zero-order valence-corrected chi connectivity index (χ0v) is 18.8. The number of carbonyl (C=O) groups excluding carboxylic acids is 2. The molecule has 166 valence electrons. The van der Waals surface area contributed by atoms with Crippen molar-refractivity contribution in [3.05, 3.63) is 59.2 Å². The fraction of sp³-hybridized carbons (Fsp3) is 0.417. The van der Waals surface area contributed by atoms with E-state index >= 15 is 0 Å². The van der Waals surface area contributed by atoms with Crippen molar-refractivity contribution in [2.45, 2.75) is 38.8 Å². The highest BCUT2D eigenvalue weighted by Crippen LogP contribution is 2.40. The molecule has 0 unspecified atom stereocenters. The molecule has 0 aliphatic carbocycles. The van der Waals surface area contributed by atoms with Crippen LogP contribution >= 0.6 is 0 Å². The van der Waals surface area contributed by atoms with E-state index < -0.39 is 11.6 Å². The van der Waals surface area contributed by atoms with Gasteiger partial charge in [-0.3, -0.25) is 15.0 Å². The molecule has 0 fully saturated rings. The quantitative estimate of drug-likeness (QED) is 0.769. The molecule has 31 heavy (non-hydrogen) atoms. The molecular weight excluding hydrogens is 394 g/mol. The number of imide groups is 1. The van der Waals surface area contributed by atoms with E-state index in [-0.39, 0.29) is 18.5 Å². The Labute approximate surface area is 183 Å². The Bertz CT molecular complexity index is 938. The highest BCUT2D eigenvalue weighted by atomic mass is 16.5. The largest absolute Gasteiger partial charge is 0.493 e. The van der Waals surface area contributed by atoms with Crippen molar-refractivity contribution in [3.8, 4) is 11.5 Å². The minimum absolute atomic E-state index is 0.102. The molecule has 7 heteroatoms. The van der Waals surface area contributed by atoms with Crippen LogP contribution in [0.4, 0.5) is 4.79 Å². The smallest absolute Gasteiger partial charge is 0.321 e. The fourth-order valence-corrected chi connectivity index (χ4v) is 3.92. The maximum Gasteiger partial charge on any atom is 0.321 e. The average Bonchev–Trinajstić information content (AvgIpc) is 2.71. The minimum atomic E-state index is -0.488. The fourth-order valence-electron chi connectivity index (χ4n) is 3.92. The van der Waals surface area contributed by atoms with Gasteiger partial charge in [-0.25, -0.2) is 4.79 Å². The van der Waals surface area contributed by atoms with Gasteiger partial charge >= 0.3 is 6.03 Å². The molecule has 3 rings (SSSR count). The molecular formula is C24H31N3O4. The first-order chi connectivity index (χ1) is 14.7. The van der Waals surface area contributed by atoms with E-state index in [0.29, 0.717) is 18.0 Å². The molecule has 0 saturated heterocycles. The van der Waals surface area contributed by atoms with Gasteiger partial charge in [-0.05, 0) is 56.0 Å². The van der Waals surface area contributed by atoms with Crippen LogP contribution in [0.15, 0.2) is 42.5 Å². The molecule has 2 N–H and O–H groups in total. The van der Waals surface area contributed by atoms with E-state index in [2.05, 4.69) is 15.5 Å². The first-order valence-corrected chi connectivity index (χ1v) is 10.4. The van der Waals surface area contributed by atoms with E-state index in [1.165, 1.54) is 0 Å². The topological polar surface area (TPSA) is 79.9 Å². The number of fused-ring (bicyclic) bond motifs is 1. The molecule has 0 bridgehead atoms. The molecule has 2 aromatic rings. The average molecular weight is 426 g/mol. The van der Waals surface area contributed by atoms with Crippen molar-refractivity contribution < 1.29 is 19.1 Å². The van der Waals surface area contributed by atoms with Gasteiger partial charge in [0.1, 0.15) is 0 Å². The first kappa shape index (κ1) is 22.6. The summed E-state index contributed by atoms with van der Waals surface area (Å²) in [5.41, 5.74) is 2.88. The number of hydrogen-bond acceptors (Lipinski definition) is 5. The van der Waals surface area contributed by atoms with E-state index in [9.17, 15) is 9.59 Å². The Morgan fingerprint density at radius 3 is 2.32 bits per heavy atom. The molecule has 1 atom stereocenters. The molecule has 1 aliphatic heterocycles. The summed E-state index contributed by atoms with van der Waals surface area (Å²) < 4.78 is 11.0. The number of nitrogens with one attached hydrogen (secondary N) is 2. The highest BCUT2D eigenvalue weighted by Gasteiger charge is 2.32. The molecule has 0 aromatic heterocycles. The minimum Gasteiger partial charge on any atom is -0.493 e. The molecule has 2 aromatic carbocycles. The third-order valence-electron chi connectivity index (χ3n) is 5.18. The van der Waals surface area contributed by atoms with E-state index in [1.54, 1.807) is 14.2 Å². The summed E-state index contributed by atoms with van der Waals surface area (Å²) in [6, 6.07) is 13.4. The lowest BCUT2D eigenvalue weighted by Gasteiger charge is -2.37. The number of ether oxygens (including phenoxy) is 2. The lowest BCUT2D eigenvalue weighted by Crippen LogP contribution is -2.51. The number of hydrogen-bond donors (Lipinski definition) is 2. The summed E-state index contributed by atoms with van der Waals surface area (Å²) in [6.07, 6.45) is 0.764. The maximum absolute atomic E-state index is 12.7. The molecule has 1 aliphatic rings. The van der Waals surface area contributed by atoms with Crippen molar-refractivity contribution in [2.75, 3.05) is 27.3 Å². The number of urea groups is 1. The first-order valence-electron chi connectivity index (χ1n) is 10.4. The Morgan fingerprint density at radius 1 is 1.06 bits per heavy atom. The van der Waals surface area contributed by atoms with Crippen LogP contribution in [0.3, 0.4) is 0 Å². The third-order valence-corrected chi connectivity index (χ3v) is 5.18. The van der Waals surface area contributed by atoms with Gasteiger partial charge in [0.2, 0.25) is 5.91 Å². The van der Waals surface area contributed by atoms with Gasteiger partial charge in [0.15, 0.2) is 11.5 Å². The van der Waals surface area contributed by atoms with Gasteiger partial charge in [-0.15, -0.1) is 0 Å². The molecule has 1 heterocycles. The van der Waals surface area contributed by atoms with Gasteiger partial charge in [-0.2, -0.15) is 0 Å². The summed E-state index contributed by atoms with van der Waals surface area (Å²) in [5, 5.41) is 5.20. The van der Waals surface area contributed by atoms with Gasteiger partial charge in [0.25, 0.3) is 0 Å². The van der Waals surface area contributed by atoms with E-state index in [4.69, 9.17) is 9.47 Å². The van der Waals surface area contributed by atoms with Crippen molar-refractivity contribution in [3.63, 3.8) is 0 Å². The predicted octanol–water partition coefficient (Wildman–Crippen LogP) is 3.28. The normalized spacial score (nSPS) is 16.2. The SMILES string of the molecule is COc1cc2c(cc1OC)[C@H](c1ccccc1)N(CC(=O)NC(=O)NC(C)(C)C)CC2. The van der Waals surface area contributed by atoms with Crippen LogP contribution in [-0.4, -0.2) is 49.7 Å². The van der Waals surface area contributed by atoms with Crippen molar-refractivity contribution in [2.24, 2.45) is 0 Å². The number of carbonyl (C=O) groups is 2. The van der Waals surface area contributed by atoms with Gasteiger partial charge < -0.3 is 14.8 Å². The molecule has 7 nitrogen and oxygen atoms in total. The molecule has 3 amide bonds. The van der Waals surface area contributed by atoms with Gasteiger partial charge in [0, 0.05) is 12.1 Å². The highest BCUT2D eigenvalue weighted by molar-refractivity contribution is 5.95. The lowest BCUT2D eigenvalue weighted by atomic mass is 9.87. The standard InChI is InChI=1S/C24H31N3O4/c1-24(2,3)26-23(29)25-21(28)15-27-12-11-17-13-19(30-4)20(31-5)14-18(17)22(27)16-9-7-6-8-10-16/h6-10,13-14,22H,11-12,15H2,1-5H3,(H2,25,26,28,29)/t22-/m0/s1. The van der Waals surface area contributed by atoms with Crippen LogP contribution < -0.4 is 20.1 Å². The van der Waals surface area contributed by atoms with Crippen LogP contribution in [-0.2, 0) is 11.2 Å². The van der Waals surface area contributed by atoms with Crippen molar-refractivity contribution >= 4 is 11.9 Å². The summed E-state index contributed by atoms with van der Waals surface area (Å²) in [6.45, 7) is 6.38. The predicted molar refractivity (Wildman–Crippen MR) is 120 cm³/mol. The number of nitrogens with zero attached hydrogens (tertiary/aromatic N) is 1. The summed E-state index contributed by atoms with van der Waals surface area (Å²) in [4.78, 5) is 26.9. The molecule has 0 spiro atoms. The Kier molecular flexibility index (Phi) is 6.85. The monoisotopic (exact) mass is 425 g/mol. The van der Waals surface area contributed by atoms with Crippen LogP contribution in [0.25, 0.3) is 0 Å². The second kappa shape index (κ2) is 9.39. The summed E-state index contributed by atoms with van der Waals surface area (Å²) >= 11 is 0. The van der Waals surface area contributed by atoms with Gasteiger partial charge in [0.05, 0.1) is 26.8 Å². The Hall–Kier alpha value is -3.06. The van der Waals surface area contributed by atoms with Crippen LogP contribution in [0.5, 0.6) is 11.5 Å². The number of rotatable bonds is 5. The number of methoxy groups -OCH3 is 2. The summed E-state index contributed by atoms with van der Waals surface area (Å²) in [5.74, 6) is 1.00. The number of amides is 3. The second-order valence-corrected chi connectivity index (χ2v) is 8.69. The lowest BCUT2D eigenvalue weighted by molar-refractivity contribution is -0.121. The zero-order valence-electron chi connectivity index (χ0n) is 18.8. The van der Waals surface area contributed by atoms with E-state index in [0.717, 1.165) is 23.1 Å². The van der Waals surface area contributed by atoms with Crippen LogP contribution in [0.1, 0.15) is 43.5 Å².